The number of nitrogens with zero attached hydrogens (tertiary/aromatic N) is 1. The standard InChI is InChI=1S/C7H10BrN3/c8-6-3-5(1-2-9)4-7(10)11-6/h3-4H,1-2,9H2,(H2,10,11). The second-order valence-corrected chi connectivity index (χ2v) is 3.07. The zero-order valence-corrected chi connectivity index (χ0v) is 7.63. The minimum Gasteiger partial charge on any atom is -0.384 e. The molecule has 0 aliphatic carbocycles. The Labute approximate surface area is 73.9 Å². The Hall–Kier alpha value is -0.610. The SMILES string of the molecule is NCCc1cc(N)nc(Br)c1. The number of rotatable bonds is 2. The summed E-state index contributed by atoms with van der Waals surface area (Å²) in [6.07, 6.45) is 0.839. The second kappa shape index (κ2) is 3.69. The van der Waals surface area contributed by atoms with E-state index in [1.54, 1.807) is 0 Å². The van der Waals surface area contributed by atoms with Crippen LogP contribution in [0.5, 0.6) is 0 Å². The Balaban J connectivity index is 2.89. The highest BCUT2D eigenvalue weighted by atomic mass is 79.9. The van der Waals surface area contributed by atoms with Crippen molar-refractivity contribution < 1.29 is 0 Å². The van der Waals surface area contributed by atoms with Crippen molar-refractivity contribution in [2.45, 2.75) is 6.42 Å². The van der Waals surface area contributed by atoms with E-state index in [9.17, 15) is 0 Å². The first kappa shape index (κ1) is 8.49. The third-order valence-corrected chi connectivity index (χ3v) is 1.71. The van der Waals surface area contributed by atoms with Crippen LogP contribution in [-0.4, -0.2) is 11.5 Å². The lowest BCUT2D eigenvalue weighted by molar-refractivity contribution is 0.963. The summed E-state index contributed by atoms with van der Waals surface area (Å²) in [5.74, 6) is 0.530. The molecule has 0 unspecified atom stereocenters. The number of aromatic nitrogens is 1. The average molecular weight is 216 g/mol. The molecule has 60 valence electrons. The minimum atomic E-state index is 0.530. The molecule has 3 nitrogen and oxygen atoms in total. The van der Waals surface area contributed by atoms with Gasteiger partial charge in [0.25, 0.3) is 0 Å². The number of halogens is 1. The number of nitrogen functional groups attached to an aromatic ring is 1. The highest BCUT2D eigenvalue weighted by molar-refractivity contribution is 9.10. The Morgan fingerprint density at radius 2 is 2.18 bits per heavy atom. The van der Waals surface area contributed by atoms with Gasteiger partial charge in [-0.2, -0.15) is 0 Å². The molecule has 11 heavy (non-hydrogen) atoms. The van der Waals surface area contributed by atoms with E-state index in [4.69, 9.17) is 11.5 Å². The molecule has 0 saturated heterocycles. The van der Waals surface area contributed by atoms with E-state index in [1.165, 1.54) is 0 Å². The molecule has 1 heterocycles. The van der Waals surface area contributed by atoms with Crippen molar-refractivity contribution in [1.82, 2.24) is 4.98 Å². The Morgan fingerprint density at radius 3 is 2.73 bits per heavy atom. The first-order chi connectivity index (χ1) is 5.22. The molecular weight excluding hydrogens is 206 g/mol. The summed E-state index contributed by atoms with van der Waals surface area (Å²) in [5.41, 5.74) is 12.0. The van der Waals surface area contributed by atoms with Gasteiger partial charge >= 0.3 is 0 Å². The van der Waals surface area contributed by atoms with Gasteiger partial charge in [0.1, 0.15) is 10.4 Å². The van der Waals surface area contributed by atoms with Gasteiger partial charge in [-0.15, -0.1) is 0 Å². The number of hydrogen-bond donors (Lipinski definition) is 2. The van der Waals surface area contributed by atoms with Crippen LogP contribution in [0.25, 0.3) is 0 Å². The maximum Gasteiger partial charge on any atom is 0.124 e. The maximum atomic E-state index is 5.51. The number of nitrogens with two attached hydrogens (primary N) is 2. The van der Waals surface area contributed by atoms with Crippen LogP contribution < -0.4 is 11.5 Å². The Bertz CT molecular complexity index is 229. The van der Waals surface area contributed by atoms with Gasteiger partial charge in [-0.05, 0) is 46.6 Å². The molecule has 0 radical (unpaired) electrons. The predicted octanol–water partition coefficient (Wildman–Crippen LogP) is 0.927. The summed E-state index contributed by atoms with van der Waals surface area (Å²) in [4.78, 5) is 3.97. The molecule has 0 aliphatic rings. The third kappa shape index (κ3) is 2.48. The quantitative estimate of drug-likeness (QED) is 0.722. The fourth-order valence-electron chi connectivity index (χ4n) is 0.883. The monoisotopic (exact) mass is 215 g/mol. The molecule has 0 aromatic carbocycles. The fraction of sp³-hybridized carbons (Fsp3) is 0.286. The summed E-state index contributed by atoms with van der Waals surface area (Å²) < 4.78 is 0.765. The molecule has 1 aromatic heterocycles. The van der Waals surface area contributed by atoms with Crippen molar-refractivity contribution in [3.63, 3.8) is 0 Å². The van der Waals surface area contributed by atoms with Crippen LogP contribution in [0.1, 0.15) is 5.56 Å². The lowest BCUT2D eigenvalue weighted by Crippen LogP contribution is -2.03. The van der Waals surface area contributed by atoms with E-state index in [-0.39, 0.29) is 0 Å². The van der Waals surface area contributed by atoms with E-state index in [2.05, 4.69) is 20.9 Å². The highest BCUT2D eigenvalue weighted by Crippen LogP contribution is 2.12. The lowest BCUT2D eigenvalue weighted by Gasteiger charge is -2.00. The predicted molar refractivity (Wildman–Crippen MR) is 49.1 cm³/mol. The number of pyridine rings is 1. The van der Waals surface area contributed by atoms with Crippen LogP contribution >= 0.6 is 15.9 Å². The molecule has 0 bridgehead atoms. The van der Waals surface area contributed by atoms with Crippen LogP contribution in [0.3, 0.4) is 0 Å². The van der Waals surface area contributed by atoms with Crippen LogP contribution in [0.15, 0.2) is 16.7 Å². The van der Waals surface area contributed by atoms with Gasteiger partial charge in [-0.3, -0.25) is 0 Å². The van der Waals surface area contributed by atoms with Crippen molar-refractivity contribution in [2.24, 2.45) is 5.73 Å². The van der Waals surface area contributed by atoms with Gasteiger partial charge in [-0.1, -0.05) is 0 Å². The van der Waals surface area contributed by atoms with Crippen molar-refractivity contribution in [3.8, 4) is 0 Å². The summed E-state index contributed by atoms with van der Waals surface area (Å²) in [7, 11) is 0. The maximum absolute atomic E-state index is 5.51. The van der Waals surface area contributed by atoms with Crippen LogP contribution in [0.4, 0.5) is 5.82 Å². The summed E-state index contributed by atoms with van der Waals surface area (Å²) in [5, 5.41) is 0. The molecule has 4 heteroatoms. The summed E-state index contributed by atoms with van der Waals surface area (Å²) >= 11 is 3.25. The lowest BCUT2D eigenvalue weighted by atomic mass is 10.2. The first-order valence-electron chi connectivity index (χ1n) is 3.34. The minimum absolute atomic E-state index is 0.530. The Morgan fingerprint density at radius 1 is 1.45 bits per heavy atom. The van der Waals surface area contributed by atoms with Crippen molar-refractivity contribution in [2.75, 3.05) is 12.3 Å². The van der Waals surface area contributed by atoms with Crippen molar-refractivity contribution in [3.05, 3.63) is 22.3 Å². The van der Waals surface area contributed by atoms with Crippen LogP contribution in [-0.2, 0) is 6.42 Å². The molecule has 0 aliphatic heterocycles. The van der Waals surface area contributed by atoms with Crippen LogP contribution in [0.2, 0.25) is 0 Å². The Kier molecular flexibility index (Phi) is 2.84. The van der Waals surface area contributed by atoms with E-state index in [1.807, 2.05) is 12.1 Å². The molecule has 4 N–H and O–H groups in total. The van der Waals surface area contributed by atoms with E-state index >= 15 is 0 Å². The average Bonchev–Trinajstić information content (AvgIpc) is 1.85. The molecule has 0 fully saturated rings. The molecule has 0 saturated carbocycles. The zero-order valence-electron chi connectivity index (χ0n) is 6.05. The first-order valence-corrected chi connectivity index (χ1v) is 4.13. The van der Waals surface area contributed by atoms with Crippen molar-refractivity contribution in [1.29, 1.82) is 0 Å². The number of hydrogen-bond acceptors (Lipinski definition) is 3. The van der Waals surface area contributed by atoms with Gasteiger partial charge < -0.3 is 11.5 Å². The van der Waals surface area contributed by atoms with Gasteiger partial charge in [0, 0.05) is 0 Å². The zero-order chi connectivity index (χ0) is 8.27. The van der Waals surface area contributed by atoms with Crippen LogP contribution in [0, 0.1) is 0 Å². The largest absolute Gasteiger partial charge is 0.384 e. The molecule has 0 amide bonds. The molecule has 1 aromatic rings. The van der Waals surface area contributed by atoms with Gasteiger partial charge in [0.05, 0.1) is 0 Å². The summed E-state index contributed by atoms with van der Waals surface area (Å²) in [6.45, 7) is 0.635. The van der Waals surface area contributed by atoms with Gasteiger partial charge in [0.2, 0.25) is 0 Å². The topological polar surface area (TPSA) is 64.9 Å². The highest BCUT2D eigenvalue weighted by Gasteiger charge is 1.96. The number of anilines is 1. The normalized spacial score (nSPS) is 10.0. The molecular formula is C7H10BrN3. The van der Waals surface area contributed by atoms with E-state index in [0.29, 0.717) is 12.4 Å². The smallest absolute Gasteiger partial charge is 0.124 e. The van der Waals surface area contributed by atoms with E-state index in [0.717, 1.165) is 16.6 Å². The summed E-state index contributed by atoms with van der Waals surface area (Å²) in [6, 6.07) is 3.75. The van der Waals surface area contributed by atoms with Gasteiger partial charge in [-0.25, -0.2) is 4.98 Å². The molecule has 0 spiro atoms. The van der Waals surface area contributed by atoms with E-state index < -0.39 is 0 Å². The van der Waals surface area contributed by atoms with Crippen molar-refractivity contribution >= 4 is 21.7 Å². The third-order valence-electron chi connectivity index (χ3n) is 1.31. The molecule has 0 atom stereocenters. The molecule has 1 rings (SSSR count). The van der Waals surface area contributed by atoms with Gasteiger partial charge in [0.15, 0.2) is 0 Å². The fourth-order valence-corrected chi connectivity index (χ4v) is 1.38. The second-order valence-electron chi connectivity index (χ2n) is 2.26.